The first kappa shape index (κ1) is 61.9. The molecule has 0 amide bonds. The van der Waals surface area contributed by atoms with Crippen LogP contribution in [-0.2, 0) is 9.47 Å². The molecule has 0 N–H and O–H groups in total. The topological polar surface area (TPSA) is 18.5 Å². The van der Waals surface area contributed by atoms with Crippen LogP contribution in [0.5, 0.6) is 0 Å². The number of quaternary nitrogens is 3. The van der Waals surface area contributed by atoms with Crippen molar-refractivity contribution in [2.45, 2.75) is 200 Å². The van der Waals surface area contributed by atoms with E-state index in [1.54, 1.807) is 0 Å². The summed E-state index contributed by atoms with van der Waals surface area (Å²) in [5.41, 5.74) is 0. The fourth-order valence-corrected chi connectivity index (χ4v) is 7.55. The van der Waals surface area contributed by atoms with Gasteiger partial charge in [0.15, 0.2) is 0 Å². The minimum absolute atomic E-state index is 0. The lowest BCUT2D eigenvalue weighted by Crippen LogP contribution is -3.00. The molecule has 0 aliphatic carbocycles. The lowest BCUT2D eigenvalue weighted by atomic mass is 10.1. The molecule has 54 heavy (non-hydrogen) atoms. The van der Waals surface area contributed by atoms with Crippen molar-refractivity contribution < 1.29 is 73.9 Å². The Balaban J connectivity index is -0.00000417. The summed E-state index contributed by atoms with van der Waals surface area (Å²) in [7, 11) is 16.5. The zero-order valence-corrected chi connectivity index (χ0v) is 43.1. The van der Waals surface area contributed by atoms with Gasteiger partial charge in [-0.25, -0.2) is 0 Å². The van der Waals surface area contributed by atoms with Crippen molar-refractivity contribution in [2.75, 3.05) is 102 Å². The van der Waals surface area contributed by atoms with E-state index in [1.807, 2.05) is 0 Å². The minimum Gasteiger partial charge on any atom is -1.00 e. The maximum Gasteiger partial charge on any atom is 0.130 e. The predicted molar refractivity (Wildman–Crippen MR) is 228 cm³/mol. The molecule has 0 heterocycles. The van der Waals surface area contributed by atoms with Crippen LogP contribution in [0.4, 0.5) is 0 Å². The van der Waals surface area contributed by atoms with E-state index in [9.17, 15) is 0 Å². The van der Waals surface area contributed by atoms with Gasteiger partial charge in [0, 0.05) is 38.9 Å². The third kappa shape index (κ3) is 47.6. The van der Waals surface area contributed by atoms with Crippen LogP contribution in [0.15, 0.2) is 0 Å². The first-order valence-electron chi connectivity index (χ1n) is 23.0. The van der Waals surface area contributed by atoms with Gasteiger partial charge >= 0.3 is 0 Å². The number of unbranched alkanes of at least 4 members (excludes halogenated alkanes) is 24. The predicted octanol–water partition coefficient (Wildman–Crippen LogP) is 3.22. The van der Waals surface area contributed by atoms with E-state index in [0.29, 0.717) is 0 Å². The highest BCUT2D eigenvalue weighted by molar-refractivity contribution is 4.60. The summed E-state index contributed by atoms with van der Waals surface area (Å²) in [6.45, 7) is 13.3. The molecule has 0 spiro atoms. The van der Waals surface area contributed by atoms with Gasteiger partial charge in [-0.2, -0.15) is 0 Å². The van der Waals surface area contributed by atoms with Gasteiger partial charge in [-0.15, -0.1) is 0 Å². The maximum absolute atomic E-state index is 6.72. The van der Waals surface area contributed by atoms with E-state index in [1.165, 1.54) is 206 Å². The Morgan fingerprint density at radius 2 is 0.648 bits per heavy atom. The fourth-order valence-electron chi connectivity index (χ4n) is 7.55. The monoisotopic (exact) mass is 964 g/mol. The molecule has 8 heteroatoms. The van der Waals surface area contributed by atoms with E-state index in [4.69, 9.17) is 9.47 Å². The molecule has 1 atom stereocenters. The molecule has 0 fully saturated rings. The van der Waals surface area contributed by atoms with Gasteiger partial charge in [-0.05, 0) is 12.8 Å². The van der Waals surface area contributed by atoms with Crippen LogP contribution in [0, 0.1) is 0 Å². The van der Waals surface area contributed by atoms with Crippen LogP contribution in [-0.4, -0.2) is 121 Å². The number of nitrogens with zero attached hydrogens (tertiary/aromatic N) is 3. The van der Waals surface area contributed by atoms with Crippen molar-refractivity contribution in [3.8, 4) is 0 Å². The number of hydrogen-bond acceptors (Lipinski definition) is 2. The molecule has 0 aliphatic heterocycles. The Morgan fingerprint density at radius 3 is 0.981 bits per heavy atom. The largest absolute Gasteiger partial charge is 1.00 e. The second-order valence-corrected chi connectivity index (χ2v) is 19.0. The quantitative estimate of drug-likeness (QED) is 0.0694. The fraction of sp³-hybridized carbons (Fsp3) is 1.00. The normalized spacial score (nSPS) is 12.6. The first-order chi connectivity index (χ1) is 24.4. The van der Waals surface area contributed by atoms with Crippen LogP contribution < -0.4 is 50.9 Å². The molecule has 1 unspecified atom stereocenters. The Labute approximate surface area is 373 Å². The summed E-state index contributed by atoms with van der Waals surface area (Å²) in [6.07, 6.45) is 38.7. The highest BCUT2D eigenvalue weighted by Gasteiger charge is 2.27. The second-order valence-electron chi connectivity index (χ2n) is 19.0. The van der Waals surface area contributed by atoms with Gasteiger partial charge in [0.2, 0.25) is 0 Å². The molecule has 0 rings (SSSR count). The number of ether oxygens (including phenoxy) is 2. The highest BCUT2D eigenvalue weighted by Crippen LogP contribution is 2.17. The highest BCUT2D eigenvalue weighted by atomic mass is 79.9. The lowest BCUT2D eigenvalue weighted by Gasteiger charge is -2.38. The Kier molecular flexibility index (Phi) is 48.6. The van der Waals surface area contributed by atoms with E-state index in [2.05, 4.69) is 63.2 Å². The zero-order valence-electron chi connectivity index (χ0n) is 38.3. The van der Waals surface area contributed by atoms with E-state index in [0.717, 1.165) is 39.8 Å². The van der Waals surface area contributed by atoms with Gasteiger partial charge in [-0.1, -0.05) is 155 Å². The van der Waals surface area contributed by atoms with Gasteiger partial charge in [-0.3, -0.25) is 0 Å². The number of rotatable bonds is 41. The molecular formula is C46H100Br3N3O2. The maximum atomic E-state index is 6.72. The summed E-state index contributed by atoms with van der Waals surface area (Å²) >= 11 is 0. The number of hydrogen-bond donors (Lipinski definition) is 0. The smallest absolute Gasteiger partial charge is 0.130 e. The van der Waals surface area contributed by atoms with Crippen molar-refractivity contribution in [1.82, 2.24) is 0 Å². The summed E-state index contributed by atoms with van der Waals surface area (Å²) < 4.78 is 16.4. The molecule has 0 radical (unpaired) electrons. The van der Waals surface area contributed by atoms with Crippen LogP contribution in [0.3, 0.4) is 0 Å². The van der Waals surface area contributed by atoms with Crippen molar-refractivity contribution in [2.24, 2.45) is 0 Å². The minimum atomic E-state index is 0. The van der Waals surface area contributed by atoms with E-state index >= 15 is 0 Å². The summed E-state index contributed by atoms with van der Waals surface area (Å²) in [6, 6.07) is 0. The molecule has 0 aromatic rings. The van der Waals surface area contributed by atoms with Gasteiger partial charge in [0.25, 0.3) is 0 Å². The number of likely N-dealkylation sites (N-methyl/N-ethyl adjacent to an activating group) is 1. The Hall–Kier alpha value is 1.24. The third-order valence-electron chi connectivity index (χ3n) is 11.0. The second kappa shape index (κ2) is 42.4. The molecule has 0 aliphatic rings. The van der Waals surface area contributed by atoms with Gasteiger partial charge < -0.3 is 73.9 Å². The zero-order chi connectivity index (χ0) is 37.9. The van der Waals surface area contributed by atoms with Crippen LogP contribution in [0.1, 0.15) is 194 Å². The molecule has 0 aromatic heterocycles. The van der Waals surface area contributed by atoms with Crippen LogP contribution in [0.2, 0.25) is 0 Å². The molecule has 0 saturated carbocycles. The number of halogens is 3. The summed E-state index contributed by atoms with van der Waals surface area (Å²) in [4.78, 5) is 0. The molecule has 5 nitrogen and oxygen atoms in total. The standard InChI is InChI=1S/C46H100N3O2.3BrH/c1-10-12-14-16-18-20-22-24-26-28-30-36-42-50-45-46(51-43-37-31-29-27-25-23-21-19-17-15-13-11-2)44-49(9,40-34-32-38-47(3,4)5)41-35-33-39-48(6,7)8;;;/h46H,10-45H2,1-9H3;3*1H/q+3;;;/p-3. The summed E-state index contributed by atoms with van der Waals surface area (Å²) in [5.74, 6) is 0. The van der Waals surface area contributed by atoms with Gasteiger partial charge in [0.05, 0.1) is 82.1 Å². The van der Waals surface area contributed by atoms with E-state index in [-0.39, 0.29) is 57.0 Å². The molecular weight excluding hydrogens is 866 g/mol. The molecule has 0 bridgehead atoms. The van der Waals surface area contributed by atoms with E-state index < -0.39 is 0 Å². The van der Waals surface area contributed by atoms with Crippen molar-refractivity contribution in [1.29, 1.82) is 0 Å². The van der Waals surface area contributed by atoms with Crippen molar-refractivity contribution >= 4 is 0 Å². The van der Waals surface area contributed by atoms with Crippen molar-refractivity contribution in [3.63, 3.8) is 0 Å². The third-order valence-corrected chi connectivity index (χ3v) is 11.0. The first-order valence-corrected chi connectivity index (χ1v) is 23.0. The molecule has 0 aromatic carbocycles. The average molecular weight is 967 g/mol. The average Bonchev–Trinajstić information content (AvgIpc) is 3.06. The van der Waals surface area contributed by atoms with Crippen LogP contribution >= 0.6 is 0 Å². The molecule has 332 valence electrons. The van der Waals surface area contributed by atoms with Crippen LogP contribution in [0.25, 0.3) is 0 Å². The SMILES string of the molecule is CCCCCCCCCCCCCCOCC(C[N+](C)(CCCC[N+](C)(C)C)CCCC[N+](C)(C)C)OCCCCCCCCCCCCCC.[Br-].[Br-].[Br-]. The Morgan fingerprint density at radius 1 is 0.352 bits per heavy atom. The summed E-state index contributed by atoms with van der Waals surface area (Å²) in [5, 5.41) is 0. The van der Waals surface area contributed by atoms with Crippen molar-refractivity contribution in [3.05, 3.63) is 0 Å². The van der Waals surface area contributed by atoms with Gasteiger partial charge in [0.1, 0.15) is 12.6 Å². The Bertz CT molecular complexity index is 696. The molecule has 0 saturated heterocycles. The lowest BCUT2D eigenvalue weighted by molar-refractivity contribution is -0.914.